The molecule has 0 aliphatic heterocycles. The predicted octanol–water partition coefficient (Wildman–Crippen LogP) is 6.24. The van der Waals surface area contributed by atoms with Crippen LogP contribution in [0.25, 0.3) is 0 Å². The Kier molecular flexibility index (Phi) is 9.84. The lowest BCUT2D eigenvalue weighted by Crippen LogP contribution is -2.08. The van der Waals surface area contributed by atoms with Crippen LogP contribution in [0.15, 0.2) is 48.5 Å². The van der Waals surface area contributed by atoms with E-state index in [2.05, 4.69) is 6.92 Å². The van der Waals surface area contributed by atoms with E-state index in [9.17, 15) is 9.59 Å². The highest BCUT2D eigenvalue weighted by atomic mass is 16.5. The number of ether oxygens (including phenoxy) is 2. The van der Waals surface area contributed by atoms with Crippen molar-refractivity contribution in [1.29, 1.82) is 0 Å². The first-order chi connectivity index (χ1) is 13.7. The third kappa shape index (κ3) is 7.95. The molecule has 0 saturated carbocycles. The van der Waals surface area contributed by atoms with Gasteiger partial charge in [0.2, 0.25) is 0 Å². The minimum absolute atomic E-state index is 0.403. The van der Waals surface area contributed by atoms with Gasteiger partial charge in [-0.2, -0.15) is 0 Å². The molecule has 0 aliphatic carbocycles. The van der Waals surface area contributed by atoms with Crippen LogP contribution in [0.2, 0.25) is 0 Å². The zero-order chi connectivity index (χ0) is 20.0. The van der Waals surface area contributed by atoms with Gasteiger partial charge in [-0.15, -0.1) is 0 Å². The molecule has 0 radical (unpaired) electrons. The molecule has 28 heavy (non-hydrogen) atoms. The summed E-state index contributed by atoms with van der Waals surface area (Å²) < 4.78 is 11.1. The number of unbranched alkanes of at least 4 members (excludes halogenated alkanes) is 7. The number of benzene rings is 2. The highest BCUT2D eigenvalue weighted by molar-refractivity contribution is 5.91. The second-order valence-electron chi connectivity index (χ2n) is 6.92. The van der Waals surface area contributed by atoms with Crippen molar-refractivity contribution >= 4 is 12.3 Å². The van der Waals surface area contributed by atoms with Crippen molar-refractivity contribution in [1.82, 2.24) is 0 Å². The van der Waals surface area contributed by atoms with Crippen LogP contribution in [-0.2, 0) is 0 Å². The topological polar surface area (TPSA) is 52.6 Å². The van der Waals surface area contributed by atoms with Gasteiger partial charge in [0.05, 0.1) is 12.2 Å². The summed E-state index contributed by atoms with van der Waals surface area (Å²) in [6.45, 7) is 2.94. The Morgan fingerprint density at radius 1 is 0.786 bits per heavy atom. The summed E-state index contributed by atoms with van der Waals surface area (Å²) in [6.07, 6.45) is 10.9. The molecule has 4 nitrogen and oxygen atoms in total. The SMILES string of the molecule is CCCCCCCCCCOc1ccc(OC(=O)c2ccc(C=O)cc2)cc1. The summed E-state index contributed by atoms with van der Waals surface area (Å²) in [6, 6.07) is 13.4. The maximum Gasteiger partial charge on any atom is 0.343 e. The predicted molar refractivity (Wildman–Crippen MR) is 111 cm³/mol. The van der Waals surface area contributed by atoms with Gasteiger partial charge in [-0.05, 0) is 42.8 Å². The van der Waals surface area contributed by atoms with Crippen molar-refractivity contribution in [3.05, 3.63) is 59.7 Å². The van der Waals surface area contributed by atoms with Crippen molar-refractivity contribution in [2.75, 3.05) is 6.61 Å². The third-order valence-corrected chi connectivity index (χ3v) is 4.58. The van der Waals surface area contributed by atoms with Crippen molar-refractivity contribution < 1.29 is 19.1 Å². The maximum absolute atomic E-state index is 12.1. The van der Waals surface area contributed by atoms with Crippen LogP contribution in [-0.4, -0.2) is 18.9 Å². The maximum atomic E-state index is 12.1. The lowest BCUT2D eigenvalue weighted by Gasteiger charge is -2.08. The van der Waals surface area contributed by atoms with Crippen molar-refractivity contribution in [2.45, 2.75) is 58.3 Å². The monoisotopic (exact) mass is 382 g/mol. The van der Waals surface area contributed by atoms with Crippen molar-refractivity contribution in [3.63, 3.8) is 0 Å². The zero-order valence-electron chi connectivity index (χ0n) is 16.7. The molecule has 4 heteroatoms. The van der Waals surface area contributed by atoms with Crippen LogP contribution in [0.4, 0.5) is 0 Å². The average Bonchev–Trinajstić information content (AvgIpc) is 2.73. The molecular formula is C24H30O4. The fourth-order valence-electron chi connectivity index (χ4n) is 2.89. The van der Waals surface area contributed by atoms with E-state index in [0.29, 0.717) is 23.5 Å². The standard InChI is InChI=1S/C24H30O4/c1-2-3-4-5-6-7-8-9-18-27-22-14-16-23(17-15-22)28-24(26)21-12-10-20(19-25)11-13-21/h10-17,19H,2-9,18H2,1H3. The fourth-order valence-corrected chi connectivity index (χ4v) is 2.89. The number of hydrogen-bond acceptors (Lipinski definition) is 4. The second-order valence-corrected chi connectivity index (χ2v) is 6.92. The van der Waals surface area contributed by atoms with Gasteiger partial charge in [0, 0.05) is 5.56 Å². The minimum Gasteiger partial charge on any atom is -0.494 e. The van der Waals surface area contributed by atoms with Crippen LogP contribution in [0, 0.1) is 0 Å². The molecule has 0 atom stereocenters. The number of esters is 1. The summed E-state index contributed by atoms with van der Waals surface area (Å²) >= 11 is 0. The first kappa shape index (κ1) is 21.7. The van der Waals surface area contributed by atoms with E-state index in [1.807, 2.05) is 12.1 Å². The molecule has 0 amide bonds. The average molecular weight is 383 g/mol. The largest absolute Gasteiger partial charge is 0.494 e. The minimum atomic E-state index is -0.454. The summed E-state index contributed by atoms with van der Waals surface area (Å²) in [7, 11) is 0. The van der Waals surface area contributed by atoms with E-state index >= 15 is 0 Å². The van der Waals surface area contributed by atoms with Gasteiger partial charge in [-0.1, -0.05) is 64.0 Å². The Bertz CT molecular complexity index is 704. The number of hydrogen-bond donors (Lipinski definition) is 0. The number of rotatable bonds is 13. The fraction of sp³-hybridized carbons (Fsp3) is 0.417. The van der Waals surface area contributed by atoms with Crippen LogP contribution < -0.4 is 9.47 Å². The molecule has 2 aromatic rings. The van der Waals surface area contributed by atoms with Gasteiger partial charge in [-0.25, -0.2) is 4.79 Å². The summed E-state index contributed by atoms with van der Waals surface area (Å²) in [5, 5.41) is 0. The van der Waals surface area contributed by atoms with Crippen LogP contribution in [0.3, 0.4) is 0 Å². The second kappa shape index (κ2) is 12.7. The van der Waals surface area contributed by atoms with E-state index in [1.54, 1.807) is 36.4 Å². The Morgan fingerprint density at radius 3 is 1.96 bits per heavy atom. The first-order valence-corrected chi connectivity index (χ1v) is 10.2. The third-order valence-electron chi connectivity index (χ3n) is 4.58. The molecule has 2 aromatic carbocycles. The summed E-state index contributed by atoms with van der Waals surface area (Å²) in [5.41, 5.74) is 0.926. The molecule has 2 rings (SSSR count). The normalized spacial score (nSPS) is 10.5. The van der Waals surface area contributed by atoms with E-state index in [4.69, 9.17) is 9.47 Å². The van der Waals surface area contributed by atoms with Crippen LogP contribution in [0.5, 0.6) is 11.5 Å². The van der Waals surface area contributed by atoms with Crippen molar-refractivity contribution in [3.8, 4) is 11.5 Å². The molecule has 0 saturated heterocycles. The van der Waals surface area contributed by atoms with Gasteiger partial charge in [0.15, 0.2) is 0 Å². The van der Waals surface area contributed by atoms with Gasteiger partial charge in [0.1, 0.15) is 17.8 Å². The Balaban J connectivity index is 1.65. The molecule has 0 aliphatic rings. The van der Waals surface area contributed by atoms with Crippen LogP contribution >= 0.6 is 0 Å². The van der Waals surface area contributed by atoms with E-state index < -0.39 is 5.97 Å². The molecule has 0 N–H and O–H groups in total. The van der Waals surface area contributed by atoms with Gasteiger partial charge >= 0.3 is 5.97 Å². The molecule has 150 valence electrons. The molecular weight excluding hydrogens is 352 g/mol. The highest BCUT2D eigenvalue weighted by Gasteiger charge is 2.08. The lowest BCUT2D eigenvalue weighted by atomic mass is 10.1. The quantitative estimate of drug-likeness (QED) is 0.178. The Morgan fingerprint density at radius 2 is 1.36 bits per heavy atom. The van der Waals surface area contributed by atoms with Crippen molar-refractivity contribution in [2.24, 2.45) is 0 Å². The molecule has 0 heterocycles. The van der Waals surface area contributed by atoms with E-state index in [-0.39, 0.29) is 0 Å². The number of carbonyl (C=O) groups is 2. The van der Waals surface area contributed by atoms with Gasteiger partial charge < -0.3 is 9.47 Å². The van der Waals surface area contributed by atoms with E-state index in [0.717, 1.165) is 18.5 Å². The Labute approximate surface area is 167 Å². The van der Waals surface area contributed by atoms with Gasteiger partial charge in [-0.3, -0.25) is 4.79 Å². The lowest BCUT2D eigenvalue weighted by molar-refractivity contribution is 0.0734. The summed E-state index contributed by atoms with van der Waals surface area (Å²) in [5.74, 6) is 0.784. The molecule has 0 fully saturated rings. The zero-order valence-corrected chi connectivity index (χ0v) is 16.7. The molecule has 0 spiro atoms. The number of aldehydes is 1. The molecule has 0 unspecified atom stereocenters. The number of carbonyl (C=O) groups excluding carboxylic acids is 2. The summed E-state index contributed by atoms with van der Waals surface area (Å²) in [4.78, 5) is 22.8. The molecule has 0 bridgehead atoms. The van der Waals surface area contributed by atoms with E-state index in [1.165, 1.54) is 44.9 Å². The van der Waals surface area contributed by atoms with Crippen LogP contribution in [0.1, 0.15) is 79.0 Å². The highest BCUT2D eigenvalue weighted by Crippen LogP contribution is 2.19. The smallest absolute Gasteiger partial charge is 0.343 e. The Hall–Kier alpha value is -2.62. The first-order valence-electron chi connectivity index (χ1n) is 10.2. The van der Waals surface area contributed by atoms with Gasteiger partial charge in [0.25, 0.3) is 0 Å². The molecule has 0 aromatic heterocycles.